The maximum Gasteiger partial charge on any atom is 0.226 e. The standard InChI is InChI=1S/C15H17FN2O2/c1-11-9-19-6-5-18(11)8-14-10-20-15(17-14)12-3-2-4-13(16)7-12/h2-4,7,10-11H,5-6,8-9H2,1H3. The average molecular weight is 276 g/mol. The maximum absolute atomic E-state index is 13.2. The van der Waals surface area contributed by atoms with Crippen molar-refractivity contribution in [2.45, 2.75) is 19.5 Å². The van der Waals surface area contributed by atoms with Crippen LogP contribution in [0.5, 0.6) is 0 Å². The van der Waals surface area contributed by atoms with Crippen molar-refractivity contribution in [3.63, 3.8) is 0 Å². The molecule has 1 unspecified atom stereocenters. The predicted octanol–water partition coefficient (Wildman–Crippen LogP) is 2.70. The van der Waals surface area contributed by atoms with E-state index in [1.807, 2.05) is 0 Å². The van der Waals surface area contributed by atoms with E-state index in [1.165, 1.54) is 12.1 Å². The minimum absolute atomic E-state index is 0.288. The molecule has 20 heavy (non-hydrogen) atoms. The Labute approximate surface area is 117 Å². The third-order valence-corrected chi connectivity index (χ3v) is 3.49. The summed E-state index contributed by atoms with van der Waals surface area (Å²) in [5.41, 5.74) is 1.52. The summed E-state index contributed by atoms with van der Waals surface area (Å²) in [4.78, 5) is 6.74. The van der Waals surface area contributed by atoms with Gasteiger partial charge in [0.05, 0.1) is 18.9 Å². The molecule has 1 aromatic carbocycles. The summed E-state index contributed by atoms with van der Waals surface area (Å²) in [6.07, 6.45) is 1.64. The third kappa shape index (κ3) is 2.89. The van der Waals surface area contributed by atoms with Gasteiger partial charge in [0.1, 0.15) is 12.1 Å². The van der Waals surface area contributed by atoms with E-state index in [0.717, 1.165) is 32.0 Å². The molecule has 1 fully saturated rings. The van der Waals surface area contributed by atoms with Crippen molar-refractivity contribution in [2.75, 3.05) is 19.8 Å². The second-order valence-corrected chi connectivity index (χ2v) is 5.05. The molecule has 1 aliphatic rings. The molecule has 0 amide bonds. The molecule has 5 heteroatoms. The number of hydrogen-bond acceptors (Lipinski definition) is 4. The number of morpholine rings is 1. The Morgan fingerprint density at radius 1 is 1.45 bits per heavy atom. The van der Waals surface area contributed by atoms with Crippen LogP contribution in [0.4, 0.5) is 4.39 Å². The zero-order chi connectivity index (χ0) is 13.9. The highest BCUT2D eigenvalue weighted by Gasteiger charge is 2.20. The molecule has 0 aliphatic carbocycles. The van der Waals surface area contributed by atoms with Crippen LogP contribution in [0, 0.1) is 5.82 Å². The minimum atomic E-state index is -0.288. The van der Waals surface area contributed by atoms with Gasteiger partial charge in [-0.1, -0.05) is 6.07 Å². The van der Waals surface area contributed by atoms with Gasteiger partial charge in [0, 0.05) is 24.7 Å². The lowest BCUT2D eigenvalue weighted by molar-refractivity contribution is -0.00491. The predicted molar refractivity (Wildman–Crippen MR) is 72.6 cm³/mol. The van der Waals surface area contributed by atoms with Crippen LogP contribution in [0.1, 0.15) is 12.6 Å². The van der Waals surface area contributed by atoms with Gasteiger partial charge in [0.2, 0.25) is 5.89 Å². The van der Waals surface area contributed by atoms with Crippen molar-refractivity contribution in [2.24, 2.45) is 0 Å². The summed E-state index contributed by atoms with van der Waals surface area (Å²) >= 11 is 0. The number of hydrogen-bond donors (Lipinski definition) is 0. The molecule has 2 heterocycles. The quantitative estimate of drug-likeness (QED) is 0.864. The van der Waals surface area contributed by atoms with E-state index in [4.69, 9.17) is 9.15 Å². The zero-order valence-electron chi connectivity index (χ0n) is 11.4. The summed E-state index contributed by atoms with van der Waals surface area (Å²) in [5.74, 6) is 0.171. The third-order valence-electron chi connectivity index (χ3n) is 3.49. The van der Waals surface area contributed by atoms with Gasteiger partial charge in [-0.25, -0.2) is 9.37 Å². The van der Waals surface area contributed by atoms with Gasteiger partial charge in [-0.2, -0.15) is 0 Å². The molecule has 4 nitrogen and oxygen atoms in total. The molecular weight excluding hydrogens is 259 g/mol. The van der Waals surface area contributed by atoms with Gasteiger partial charge in [0.25, 0.3) is 0 Å². The van der Waals surface area contributed by atoms with E-state index >= 15 is 0 Å². The summed E-state index contributed by atoms with van der Waals surface area (Å²) in [6, 6.07) is 6.64. The SMILES string of the molecule is CC1COCCN1Cc1coc(-c2cccc(F)c2)n1. The van der Waals surface area contributed by atoms with E-state index in [9.17, 15) is 4.39 Å². The highest BCUT2D eigenvalue weighted by Crippen LogP contribution is 2.20. The average Bonchev–Trinajstić information content (AvgIpc) is 2.90. The Hall–Kier alpha value is -1.72. The number of oxazole rings is 1. The number of aromatic nitrogens is 1. The Morgan fingerprint density at radius 3 is 3.15 bits per heavy atom. The topological polar surface area (TPSA) is 38.5 Å². The summed E-state index contributed by atoms with van der Waals surface area (Å²) in [6.45, 7) is 5.24. The first-order chi connectivity index (χ1) is 9.72. The van der Waals surface area contributed by atoms with E-state index in [0.29, 0.717) is 17.5 Å². The van der Waals surface area contributed by atoms with Gasteiger partial charge in [0.15, 0.2) is 0 Å². The van der Waals surface area contributed by atoms with Gasteiger partial charge < -0.3 is 9.15 Å². The van der Waals surface area contributed by atoms with Crippen LogP contribution in [-0.4, -0.2) is 35.7 Å². The van der Waals surface area contributed by atoms with Gasteiger partial charge in [-0.15, -0.1) is 0 Å². The molecule has 1 aromatic heterocycles. The largest absolute Gasteiger partial charge is 0.444 e. The molecule has 3 rings (SSSR count). The first-order valence-corrected chi connectivity index (χ1v) is 6.74. The van der Waals surface area contributed by atoms with Crippen molar-refractivity contribution < 1.29 is 13.5 Å². The lowest BCUT2D eigenvalue weighted by atomic mass is 10.2. The number of rotatable bonds is 3. The fourth-order valence-corrected chi connectivity index (χ4v) is 2.34. The van der Waals surface area contributed by atoms with Crippen LogP contribution < -0.4 is 0 Å². The first kappa shape index (κ1) is 13.3. The molecule has 1 saturated heterocycles. The molecule has 2 aromatic rings. The van der Waals surface area contributed by atoms with Crippen LogP contribution in [-0.2, 0) is 11.3 Å². The molecule has 106 valence electrons. The monoisotopic (exact) mass is 276 g/mol. The van der Waals surface area contributed by atoms with Crippen molar-refractivity contribution in [1.82, 2.24) is 9.88 Å². The normalized spacial score (nSPS) is 20.2. The molecule has 0 spiro atoms. The number of nitrogens with zero attached hydrogens (tertiary/aromatic N) is 2. The molecule has 0 N–H and O–H groups in total. The lowest BCUT2D eigenvalue weighted by Gasteiger charge is -2.32. The molecule has 0 bridgehead atoms. The fraction of sp³-hybridized carbons (Fsp3) is 0.400. The Bertz CT molecular complexity index is 585. The second-order valence-electron chi connectivity index (χ2n) is 5.05. The van der Waals surface area contributed by atoms with Gasteiger partial charge in [-0.05, 0) is 25.1 Å². The first-order valence-electron chi connectivity index (χ1n) is 6.74. The number of benzene rings is 1. The summed E-state index contributed by atoms with van der Waals surface area (Å²) in [5, 5.41) is 0. The molecule has 1 atom stereocenters. The number of ether oxygens (including phenoxy) is 1. The van der Waals surface area contributed by atoms with Gasteiger partial charge >= 0.3 is 0 Å². The van der Waals surface area contributed by atoms with Crippen molar-refractivity contribution >= 4 is 0 Å². The van der Waals surface area contributed by atoms with E-state index in [1.54, 1.807) is 18.4 Å². The maximum atomic E-state index is 13.2. The van der Waals surface area contributed by atoms with Crippen LogP contribution in [0.15, 0.2) is 34.9 Å². The molecule has 0 saturated carbocycles. The smallest absolute Gasteiger partial charge is 0.226 e. The van der Waals surface area contributed by atoms with Crippen LogP contribution in [0.2, 0.25) is 0 Å². The number of halogens is 1. The summed E-state index contributed by atoms with van der Waals surface area (Å²) < 4.78 is 24.0. The van der Waals surface area contributed by atoms with Crippen LogP contribution in [0.25, 0.3) is 11.5 Å². The molecule has 0 radical (unpaired) electrons. The minimum Gasteiger partial charge on any atom is -0.444 e. The molecule has 1 aliphatic heterocycles. The Balaban J connectivity index is 1.73. The van der Waals surface area contributed by atoms with E-state index in [-0.39, 0.29) is 5.82 Å². The van der Waals surface area contributed by atoms with Gasteiger partial charge in [-0.3, -0.25) is 4.90 Å². The van der Waals surface area contributed by atoms with E-state index < -0.39 is 0 Å². The molecular formula is C15H17FN2O2. The van der Waals surface area contributed by atoms with Crippen LogP contribution in [0.3, 0.4) is 0 Å². The summed E-state index contributed by atoms with van der Waals surface area (Å²) in [7, 11) is 0. The highest BCUT2D eigenvalue weighted by molar-refractivity contribution is 5.52. The lowest BCUT2D eigenvalue weighted by Crippen LogP contribution is -2.42. The van der Waals surface area contributed by atoms with Crippen molar-refractivity contribution in [1.29, 1.82) is 0 Å². The van der Waals surface area contributed by atoms with Crippen LogP contribution >= 0.6 is 0 Å². The highest BCUT2D eigenvalue weighted by atomic mass is 19.1. The Morgan fingerprint density at radius 2 is 2.35 bits per heavy atom. The second kappa shape index (κ2) is 5.73. The van der Waals surface area contributed by atoms with Crippen molar-refractivity contribution in [3.8, 4) is 11.5 Å². The zero-order valence-corrected chi connectivity index (χ0v) is 11.4. The fourth-order valence-electron chi connectivity index (χ4n) is 2.34. The van der Waals surface area contributed by atoms with E-state index in [2.05, 4.69) is 16.8 Å². The van der Waals surface area contributed by atoms with Crippen molar-refractivity contribution in [3.05, 3.63) is 42.0 Å². The Kier molecular flexibility index (Phi) is 3.80.